The maximum atomic E-state index is 12.5. The van der Waals surface area contributed by atoms with Crippen molar-refractivity contribution >= 4 is 15.7 Å². The van der Waals surface area contributed by atoms with Crippen molar-refractivity contribution in [3.05, 3.63) is 23.3 Å². The minimum Gasteiger partial charge on any atom is -0.399 e. The van der Waals surface area contributed by atoms with E-state index in [0.29, 0.717) is 17.1 Å². The van der Waals surface area contributed by atoms with Crippen LogP contribution in [0.3, 0.4) is 0 Å². The van der Waals surface area contributed by atoms with E-state index in [2.05, 4.69) is 11.6 Å². The van der Waals surface area contributed by atoms with Crippen molar-refractivity contribution in [3.8, 4) is 0 Å². The molecule has 0 bridgehead atoms. The molecule has 0 atom stereocenters. The maximum Gasteiger partial charge on any atom is 0.240 e. The first-order valence-electron chi connectivity index (χ1n) is 7.10. The van der Waals surface area contributed by atoms with Crippen LogP contribution in [0.15, 0.2) is 17.0 Å². The molecule has 1 aromatic rings. The van der Waals surface area contributed by atoms with Crippen molar-refractivity contribution in [1.29, 1.82) is 0 Å². The predicted molar refractivity (Wildman–Crippen MR) is 82.1 cm³/mol. The monoisotopic (exact) mass is 296 g/mol. The third kappa shape index (κ3) is 3.15. The number of anilines is 1. The molecule has 0 heterocycles. The number of nitrogen functional groups attached to an aromatic ring is 1. The molecule has 1 fully saturated rings. The van der Waals surface area contributed by atoms with Crippen LogP contribution in [0.1, 0.15) is 43.7 Å². The lowest BCUT2D eigenvalue weighted by atomic mass is 9.89. The highest BCUT2D eigenvalue weighted by Crippen LogP contribution is 2.37. The summed E-state index contributed by atoms with van der Waals surface area (Å²) in [7, 11) is -3.49. The molecule has 0 unspecified atom stereocenters. The summed E-state index contributed by atoms with van der Waals surface area (Å²) in [5.41, 5.74) is 8.02. The van der Waals surface area contributed by atoms with Gasteiger partial charge in [0, 0.05) is 12.2 Å². The molecule has 0 saturated heterocycles. The van der Waals surface area contributed by atoms with Gasteiger partial charge in [0.05, 0.1) is 4.90 Å². The van der Waals surface area contributed by atoms with Crippen LogP contribution >= 0.6 is 0 Å². The highest BCUT2D eigenvalue weighted by atomic mass is 32.2. The third-order valence-electron chi connectivity index (χ3n) is 4.43. The summed E-state index contributed by atoms with van der Waals surface area (Å²) < 4.78 is 27.7. The van der Waals surface area contributed by atoms with Gasteiger partial charge in [-0.1, -0.05) is 19.8 Å². The van der Waals surface area contributed by atoms with Crippen LogP contribution < -0.4 is 10.5 Å². The molecule has 1 aromatic carbocycles. The van der Waals surface area contributed by atoms with Crippen molar-refractivity contribution in [2.45, 2.75) is 51.3 Å². The van der Waals surface area contributed by atoms with Crippen molar-refractivity contribution in [2.24, 2.45) is 5.41 Å². The molecule has 0 aromatic heterocycles. The molecule has 0 aliphatic heterocycles. The van der Waals surface area contributed by atoms with Crippen molar-refractivity contribution in [1.82, 2.24) is 4.72 Å². The SMILES string of the molecule is Cc1cc(N)cc(S(=O)(=O)NCC2(C)CCCC2)c1C. The first kappa shape index (κ1) is 15.3. The molecule has 0 amide bonds. The zero-order chi connectivity index (χ0) is 15.0. The lowest BCUT2D eigenvalue weighted by molar-refractivity contribution is 0.336. The van der Waals surface area contributed by atoms with Crippen molar-refractivity contribution in [2.75, 3.05) is 12.3 Å². The Morgan fingerprint density at radius 1 is 1.25 bits per heavy atom. The Labute approximate surface area is 121 Å². The number of sulfonamides is 1. The van der Waals surface area contributed by atoms with E-state index in [1.54, 1.807) is 12.1 Å². The number of hydrogen-bond acceptors (Lipinski definition) is 3. The fourth-order valence-corrected chi connectivity index (χ4v) is 4.43. The molecule has 1 aliphatic rings. The third-order valence-corrected chi connectivity index (χ3v) is 5.96. The Bertz CT molecular complexity index is 603. The first-order chi connectivity index (χ1) is 9.23. The molecule has 5 heteroatoms. The second-order valence-corrected chi connectivity index (χ2v) is 8.04. The Balaban J connectivity index is 2.22. The molecular weight excluding hydrogens is 272 g/mol. The number of nitrogens with two attached hydrogens (primary N) is 1. The molecule has 0 spiro atoms. The summed E-state index contributed by atoms with van der Waals surface area (Å²) in [6.07, 6.45) is 4.55. The molecule has 20 heavy (non-hydrogen) atoms. The second-order valence-electron chi connectivity index (χ2n) is 6.30. The van der Waals surface area contributed by atoms with E-state index < -0.39 is 10.0 Å². The van der Waals surface area contributed by atoms with E-state index in [0.717, 1.165) is 24.0 Å². The summed E-state index contributed by atoms with van der Waals surface area (Å²) in [5, 5.41) is 0. The van der Waals surface area contributed by atoms with E-state index in [9.17, 15) is 8.42 Å². The first-order valence-corrected chi connectivity index (χ1v) is 8.58. The summed E-state index contributed by atoms with van der Waals surface area (Å²) in [6.45, 7) is 6.35. The smallest absolute Gasteiger partial charge is 0.240 e. The summed E-state index contributed by atoms with van der Waals surface area (Å²) >= 11 is 0. The van der Waals surface area contributed by atoms with Gasteiger partial charge in [-0.15, -0.1) is 0 Å². The Morgan fingerprint density at radius 3 is 2.45 bits per heavy atom. The summed E-state index contributed by atoms with van der Waals surface area (Å²) in [6, 6.07) is 3.34. The predicted octanol–water partition coefficient (Wildman–Crippen LogP) is 2.74. The molecule has 0 radical (unpaired) electrons. The molecular formula is C15H24N2O2S. The zero-order valence-electron chi connectivity index (χ0n) is 12.5. The van der Waals surface area contributed by atoms with E-state index >= 15 is 0 Å². The minimum atomic E-state index is -3.49. The number of aryl methyl sites for hydroxylation is 1. The van der Waals surface area contributed by atoms with Crippen LogP contribution in [-0.4, -0.2) is 15.0 Å². The lowest BCUT2D eigenvalue weighted by Gasteiger charge is -2.24. The van der Waals surface area contributed by atoms with Crippen molar-refractivity contribution in [3.63, 3.8) is 0 Å². The number of nitrogens with one attached hydrogen (secondary N) is 1. The van der Waals surface area contributed by atoms with Gasteiger partial charge in [-0.05, 0) is 55.4 Å². The number of rotatable bonds is 4. The Hall–Kier alpha value is -1.07. The van der Waals surface area contributed by atoms with Gasteiger partial charge in [-0.3, -0.25) is 0 Å². The normalized spacial score (nSPS) is 18.4. The van der Waals surface area contributed by atoms with E-state index in [1.165, 1.54) is 12.8 Å². The number of benzene rings is 1. The van der Waals surface area contributed by atoms with E-state index in [-0.39, 0.29) is 5.41 Å². The molecule has 4 nitrogen and oxygen atoms in total. The summed E-state index contributed by atoms with van der Waals surface area (Å²) in [4.78, 5) is 0.302. The van der Waals surface area contributed by atoms with Crippen LogP contribution in [0.25, 0.3) is 0 Å². The van der Waals surface area contributed by atoms with Crippen LogP contribution in [-0.2, 0) is 10.0 Å². The number of hydrogen-bond donors (Lipinski definition) is 2. The van der Waals surface area contributed by atoms with Gasteiger partial charge in [0.1, 0.15) is 0 Å². The van der Waals surface area contributed by atoms with E-state index in [1.807, 2.05) is 13.8 Å². The van der Waals surface area contributed by atoms with Crippen LogP contribution in [0, 0.1) is 19.3 Å². The molecule has 2 rings (SSSR count). The largest absolute Gasteiger partial charge is 0.399 e. The highest BCUT2D eigenvalue weighted by molar-refractivity contribution is 7.89. The van der Waals surface area contributed by atoms with Gasteiger partial charge >= 0.3 is 0 Å². The molecule has 1 aliphatic carbocycles. The second kappa shape index (κ2) is 5.37. The highest BCUT2D eigenvalue weighted by Gasteiger charge is 2.30. The van der Waals surface area contributed by atoms with Crippen molar-refractivity contribution < 1.29 is 8.42 Å². The lowest BCUT2D eigenvalue weighted by Crippen LogP contribution is -2.34. The fourth-order valence-electron chi connectivity index (χ4n) is 2.89. The van der Waals surface area contributed by atoms with Gasteiger partial charge in [-0.25, -0.2) is 13.1 Å². The van der Waals surface area contributed by atoms with E-state index in [4.69, 9.17) is 5.73 Å². The molecule has 112 valence electrons. The Morgan fingerprint density at radius 2 is 1.85 bits per heavy atom. The standard InChI is InChI=1S/C15H24N2O2S/c1-11-8-13(16)9-14(12(11)2)20(18,19)17-10-15(3)6-4-5-7-15/h8-9,17H,4-7,10,16H2,1-3H3. The zero-order valence-corrected chi connectivity index (χ0v) is 13.3. The van der Waals surface area contributed by atoms with Crippen LogP contribution in [0.4, 0.5) is 5.69 Å². The van der Waals surface area contributed by atoms with Gasteiger partial charge < -0.3 is 5.73 Å². The molecule has 1 saturated carbocycles. The molecule has 3 N–H and O–H groups in total. The summed E-state index contributed by atoms with van der Waals surface area (Å²) in [5.74, 6) is 0. The van der Waals surface area contributed by atoms with Gasteiger partial charge in [0.15, 0.2) is 0 Å². The topological polar surface area (TPSA) is 72.2 Å². The van der Waals surface area contributed by atoms with Gasteiger partial charge in [0.2, 0.25) is 10.0 Å². The fraction of sp³-hybridized carbons (Fsp3) is 0.600. The Kier molecular flexibility index (Phi) is 4.12. The van der Waals surface area contributed by atoms with Gasteiger partial charge in [-0.2, -0.15) is 0 Å². The van der Waals surface area contributed by atoms with Gasteiger partial charge in [0.25, 0.3) is 0 Å². The maximum absolute atomic E-state index is 12.5. The van der Waals surface area contributed by atoms with Crippen LogP contribution in [0.2, 0.25) is 0 Å². The van der Waals surface area contributed by atoms with Crippen LogP contribution in [0.5, 0.6) is 0 Å². The quantitative estimate of drug-likeness (QED) is 0.839. The average Bonchev–Trinajstić information content (AvgIpc) is 2.79. The minimum absolute atomic E-state index is 0.0936. The average molecular weight is 296 g/mol.